The van der Waals surface area contributed by atoms with Crippen molar-refractivity contribution in [1.29, 1.82) is 0 Å². The van der Waals surface area contributed by atoms with Gasteiger partial charge in [0.05, 0.1) is 62.2 Å². The van der Waals surface area contributed by atoms with E-state index in [9.17, 15) is 18.0 Å². The summed E-state index contributed by atoms with van der Waals surface area (Å²) in [6, 6.07) is 21.3. The van der Waals surface area contributed by atoms with Crippen LogP contribution in [0, 0.1) is 27.7 Å². The van der Waals surface area contributed by atoms with Crippen LogP contribution in [0.15, 0.2) is 79.1 Å². The Bertz CT molecular complexity index is 3250. The summed E-state index contributed by atoms with van der Waals surface area (Å²) in [5, 5.41) is 20.3. The predicted molar refractivity (Wildman–Crippen MR) is 260 cm³/mol. The first kappa shape index (κ1) is 44.8. The minimum Gasteiger partial charge on any atom is -0.367 e. The number of carbonyl (C=O) groups is 2. The molecule has 1 aliphatic rings. The number of imidazole rings is 2. The molecule has 0 atom stereocenters. The van der Waals surface area contributed by atoms with Crippen LogP contribution in [0.3, 0.4) is 0 Å². The normalized spacial score (nSPS) is 12.6. The van der Waals surface area contributed by atoms with Gasteiger partial charge >= 0.3 is 6.03 Å². The Labute approximate surface area is 381 Å². The van der Waals surface area contributed by atoms with E-state index in [0.717, 1.165) is 93.0 Å². The third kappa shape index (κ3) is 9.67. The third-order valence-electron chi connectivity index (χ3n) is 11.4. The quantitative estimate of drug-likeness (QED) is 0.0692. The Morgan fingerprint density at radius 2 is 1.28 bits per heavy atom. The molecule has 0 unspecified atom stereocenters. The number of amides is 3. The highest BCUT2D eigenvalue weighted by atomic mass is 35.5. The first-order valence-corrected chi connectivity index (χ1v) is 23.5. The lowest BCUT2D eigenvalue weighted by molar-refractivity contribution is 0.0951. The fourth-order valence-electron chi connectivity index (χ4n) is 7.44. The van der Waals surface area contributed by atoms with Gasteiger partial charge in [-0.2, -0.15) is 0 Å². The van der Waals surface area contributed by atoms with Gasteiger partial charge in [0.2, 0.25) is 10.0 Å². The molecule has 9 rings (SSSR count). The van der Waals surface area contributed by atoms with Crippen LogP contribution in [-0.4, -0.2) is 81.0 Å². The molecular formula is C47H51ClN12O4S. The molecule has 0 bridgehead atoms. The van der Waals surface area contributed by atoms with E-state index >= 15 is 0 Å². The van der Waals surface area contributed by atoms with Gasteiger partial charge in [-0.25, -0.2) is 38.3 Å². The SMILES string of the molecule is CCCNc1nc2cc(C)c(C)cc2n2c(-c3ccc(C(=O)NC4CC4)c(Cl)c3)cnc12.CNC(=O)Nc1ccc(-c2cnc3c(NCCS(N)(=O)=O)nc4cc(C)c(C)cc4n23)cc1. The molecule has 0 radical (unpaired) electrons. The molecule has 1 saturated carbocycles. The number of benzene rings is 4. The summed E-state index contributed by atoms with van der Waals surface area (Å²) in [5.41, 5.74) is 14.2. The molecule has 16 nitrogen and oxygen atoms in total. The van der Waals surface area contributed by atoms with Crippen molar-refractivity contribution in [2.45, 2.75) is 59.9 Å². The minimum atomic E-state index is -3.61. The smallest absolute Gasteiger partial charge is 0.318 e. The standard InChI is InChI=1S/C25H26ClN5O.C22H25N7O3S/c1-4-9-27-23-24-28-13-22(31(24)21-11-15(3)14(2)10-20(21)30-23)16-5-8-18(19(26)12-16)25(32)29-17-6-7-17;1-13-10-17-18(11-14(13)2)29-19(15-4-6-16(7-5-15)27-22(30)24-3)12-26-21(29)20(28-17)25-8-9-33(23,31)32/h5,8,10-13,17H,4,6-7,9H2,1-3H3,(H,27,30)(H,29,32);4-7,10-12H,8-9H2,1-3H3,(H,25,28)(H2,23,31,32)(H2,24,27,30). The van der Waals surface area contributed by atoms with Crippen molar-refractivity contribution in [3.63, 3.8) is 0 Å². The maximum atomic E-state index is 12.5. The van der Waals surface area contributed by atoms with Crippen LogP contribution in [-0.2, 0) is 10.0 Å². The van der Waals surface area contributed by atoms with E-state index in [1.807, 2.05) is 66.9 Å². The summed E-state index contributed by atoms with van der Waals surface area (Å²) in [4.78, 5) is 42.9. The highest BCUT2D eigenvalue weighted by molar-refractivity contribution is 7.89. The zero-order valence-electron chi connectivity index (χ0n) is 37.0. The summed E-state index contributed by atoms with van der Waals surface area (Å²) < 4.78 is 26.8. The zero-order chi connectivity index (χ0) is 46.2. The Kier molecular flexibility index (Phi) is 12.6. The van der Waals surface area contributed by atoms with E-state index < -0.39 is 10.0 Å². The summed E-state index contributed by atoms with van der Waals surface area (Å²) in [6.07, 6.45) is 6.66. The van der Waals surface area contributed by atoms with Crippen LogP contribution in [0.1, 0.15) is 58.8 Å². The minimum absolute atomic E-state index is 0.111. The van der Waals surface area contributed by atoms with Gasteiger partial charge in [-0.3, -0.25) is 13.6 Å². The molecule has 1 fully saturated rings. The summed E-state index contributed by atoms with van der Waals surface area (Å²) >= 11 is 6.55. The van der Waals surface area contributed by atoms with E-state index in [4.69, 9.17) is 31.7 Å². The second-order valence-corrected chi connectivity index (χ2v) is 18.5. The number of primary sulfonamides is 1. The Morgan fingerprint density at radius 1 is 0.754 bits per heavy atom. The van der Waals surface area contributed by atoms with Gasteiger partial charge in [-0.1, -0.05) is 36.7 Å². The molecule has 65 heavy (non-hydrogen) atoms. The van der Waals surface area contributed by atoms with Crippen molar-refractivity contribution < 1.29 is 18.0 Å². The van der Waals surface area contributed by atoms with Crippen molar-refractivity contribution in [1.82, 2.24) is 39.4 Å². The number of sulfonamides is 1. The van der Waals surface area contributed by atoms with Crippen molar-refractivity contribution in [2.24, 2.45) is 5.14 Å². The number of fused-ring (bicyclic) bond motifs is 6. The van der Waals surface area contributed by atoms with E-state index in [-0.39, 0.29) is 30.3 Å². The summed E-state index contributed by atoms with van der Waals surface area (Å²) in [7, 11) is -2.05. The highest BCUT2D eigenvalue weighted by Gasteiger charge is 2.25. The average Bonchev–Trinajstić information content (AvgIpc) is 3.78. The number of nitrogens with one attached hydrogen (secondary N) is 5. The molecule has 7 N–H and O–H groups in total. The van der Waals surface area contributed by atoms with Gasteiger partial charge in [0.1, 0.15) is 0 Å². The zero-order valence-corrected chi connectivity index (χ0v) is 38.6. The fraction of sp³-hybridized carbons (Fsp3) is 0.277. The van der Waals surface area contributed by atoms with Gasteiger partial charge in [-0.15, -0.1) is 0 Å². The van der Waals surface area contributed by atoms with Gasteiger partial charge in [0, 0.05) is 43.0 Å². The number of rotatable bonds is 12. The molecule has 0 saturated heterocycles. The maximum Gasteiger partial charge on any atom is 0.318 e. The summed E-state index contributed by atoms with van der Waals surface area (Å²) in [6.45, 7) is 11.3. The van der Waals surface area contributed by atoms with E-state index in [2.05, 4.69) is 74.9 Å². The number of aryl methyl sites for hydroxylation is 4. The Morgan fingerprint density at radius 3 is 1.78 bits per heavy atom. The largest absolute Gasteiger partial charge is 0.367 e. The topological polar surface area (TPSA) is 215 Å². The number of urea groups is 1. The number of anilines is 3. The number of carbonyl (C=O) groups excluding carboxylic acids is 2. The van der Waals surface area contributed by atoms with Crippen LogP contribution in [0.5, 0.6) is 0 Å². The molecular weight excluding hydrogens is 864 g/mol. The van der Waals surface area contributed by atoms with E-state index in [1.54, 1.807) is 19.3 Å². The number of hydrogen-bond acceptors (Lipinski definition) is 10. The molecule has 4 heterocycles. The lowest BCUT2D eigenvalue weighted by Crippen LogP contribution is -2.25. The van der Waals surface area contributed by atoms with Crippen LogP contribution >= 0.6 is 11.6 Å². The fourth-order valence-corrected chi connectivity index (χ4v) is 8.09. The lowest BCUT2D eigenvalue weighted by atomic mass is 10.1. The van der Waals surface area contributed by atoms with Crippen LogP contribution in [0.25, 0.3) is 55.9 Å². The Hall–Kier alpha value is -6.82. The molecule has 3 amide bonds. The second-order valence-electron chi connectivity index (χ2n) is 16.3. The number of nitrogens with two attached hydrogens (primary N) is 1. The predicted octanol–water partition coefficient (Wildman–Crippen LogP) is 8.15. The lowest BCUT2D eigenvalue weighted by Gasteiger charge is -2.13. The molecule has 18 heteroatoms. The summed E-state index contributed by atoms with van der Waals surface area (Å²) in [5.74, 6) is 0.895. The molecule has 0 spiro atoms. The third-order valence-corrected chi connectivity index (χ3v) is 12.5. The van der Waals surface area contributed by atoms with Crippen LogP contribution < -0.4 is 31.7 Å². The first-order valence-electron chi connectivity index (χ1n) is 21.4. The highest BCUT2D eigenvalue weighted by Crippen LogP contribution is 2.33. The van der Waals surface area contributed by atoms with Crippen LogP contribution in [0.4, 0.5) is 22.1 Å². The first-order chi connectivity index (χ1) is 31.1. The van der Waals surface area contributed by atoms with Crippen molar-refractivity contribution in [3.8, 4) is 22.5 Å². The second kappa shape index (κ2) is 18.3. The van der Waals surface area contributed by atoms with E-state index in [1.165, 1.54) is 11.1 Å². The van der Waals surface area contributed by atoms with Crippen molar-refractivity contribution in [2.75, 3.05) is 41.8 Å². The molecule has 4 aromatic heterocycles. The van der Waals surface area contributed by atoms with Gasteiger partial charge in [0.25, 0.3) is 5.91 Å². The van der Waals surface area contributed by atoms with E-state index in [0.29, 0.717) is 27.7 Å². The average molecular weight is 916 g/mol. The maximum absolute atomic E-state index is 12.5. The Balaban J connectivity index is 0.000000177. The molecule has 8 aromatic rings. The number of nitrogens with zero attached hydrogens (tertiary/aromatic N) is 6. The monoisotopic (exact) mass is 914 g/mol. The van der Waals surface area contributed by atoms with Crippen molar-refractivity contribution >= 4 is 84.2 Å². The molecule has 4 aromatic carbocycles. The number of hydrogen-bond donors (Lipinski definition) is 6. The van der Waals surface area contributed by atoms with Gasteiger partial charge in [-0.05, 0) is 118 Å². The molecule has 336 valence electrons. The van der Waals surface area contributed by atoms with Crippen molar-refractivity contribution in [3.05, 3.63) is 112 Å². The number of halogens is 1. The number of aromatic nitrogens is 6. The van der Waals surface area contributed by atoms with Gasteiger partial charge < -0.3 is 26.6 Å². The molecule has 0 aliphatic heterocycles. The molecule has 1 aliphatic carbocycles. The van der Waals surface area contributed by atoms with Crippen LogP contribution in [0.2, 0.25) is 5.02 Å². The van der Waals surface area contributed by atoms with Gasteiger partial charge in [0.15, 0.2) is 22.9 Å².